The quantitative estimate of drug-likeness (QED) is 0.325. The van der Waals surface area contributed by atoms with Crippen molar-refractivity contribution in [2.45, 2.75) is 65.5 Å². The Morgan fingerprint density at radius 2 is 1.50 bits per heavy atom. The Balaban J connectivity index is 2.20. The molecular formula is C23H28F4O. The summed E-state index contributed by atoms with van der Waals surface area (Å²) in [5.41, 5.74) is 1.37. The van der Waals surface area contributed by atoms with Gasteiger partial charge in [0.15, 0.2) is 11.6 Å². The number of aryl methyl sites for hydroxylation is 3. The lowest BCUT2D eigenvalue weighted by molar-refractivity contribution is -0.140. The third-order valence-electron chi connectivity index (χ3n) is 4.90. The van der Waals surface area contributed by atoms with Gasteiger partial charge in [0, 0.05) is 0 Å². The summed E-state index contributed by atoms with van der Waals surface area (Å²) in [6.45, 7) is 5.45. The van der Waals surface area contributed by atoms with E-state index in [9.17, 15) is 17.6 Å². The van der Waals surface area contributed by atoms with Crippen molar-refractivity contribution < 1.29 is 22.3 Å². The molecule has 0 fully saturated rings. The number of ether oxygens (including phenoxy) is 1. The van der Waals surface area contributed by atoms with Crippen LogP contribution in [0.1, 0.15) is 60.9 Å². The van der Waals surface area contributed by atoms with Crippen molar-refractivity contribution in [3.8, 4) is 5.75 Å². The van der Waals surface area contributed by atoms with Gasteiger partial charge in [-0.05, 0) is 67.9 Å². The van der Waals surface area contributed by atoms with Crippen LogP contribution < -0.4 is 4.74 Å². The van der Waals surface area contributed by atoms with Gasteiger partial charge in [-0.1, -0.05) is 44.0 Å². The molecule has 0 heterocycles. The van der Waals surface area contributed by atoms with Crippen molar-refractivity contribution in [1.82, 2.24) is 0 Å². The lowest BCUT2D eigenvalue weighted by atomic mass is 9.94. The Morgan fingerprint density at radius 1 is 0.893 bits per heavy atom. The summed E-state index contributed by atoms with van der Waals surface area (Å²) in [5, 5.41) is 0. The molecule has 0 N–H and O–H groups in total. The first-order valence-electron chi connectivity index (χ1n) is 9.87. The highest BCUT2D eigenvalue weighted by molar-refractivity contribution is 5.45. The molecule has 0 amide bonds. The number of benzene rings is 2. The van der Waals surface area contributed by atoms with Crippen molar-refractivity contribution in [3.63, 3.8) is 0 Å². The minimum Gasteiger partial charge on any atom is -0.491 e. The van der Waals surface area contributed by atoms with Gasteiger partial charge in [-0.15, -0.1) is 0 Å². The summed E-state index contributed by atoms with van der Waals surface area (Å²) in [6.07, 6.45) is 0.277. The fourth-order valence-corrected chi connectivity index (χ4v) is 3.40. The molecule has 1 nitrogen and oxygen atoms in total. The summed E-state index contributed by atoms with van der Waals surface area (Å²) in [7, 11) is 0. The highest BCUT2D eigenvalue weighted by Gasteiger charge is 2.39. The molecule has 0 aliphatic rings. The van der Waals surface area contributed by atoms with Gasteiger partial charge in [-0.3, -0.25) is 0 Å². The van der Waals surface area contributed by atoms with E-state index in [0.29, 0.717) is 12.0 Å². The van der Waals surface area contributed by atoms with Gasteiger partial charge in [0.05, 0.1) is 12.2 Å². The zero-order valence-corrected chi connectivity index (χ0v) is 16.8. The smallest absolute Gasteiger partial charge is 0.419 e. The first-order chi connectivity index (χ1) is 13.3. The van der Waals surface area contributed by atoms with E-state index >= 15 is 0 Å². The van der Waals surface area contributed by atoms with Crippen LogP contribution in [0, 0.1) is 12.7 Å². The molecule has 0 radical (unpaired) electrons. The van der Waals surface area contributed by atoms with E-state index < -0.39 is 17.6 Å². The molecule has 2 aromatic rings. The topological polar surface area (TPSA) is 9.23 Å². The fourth-order valence-electron chi connectivity index (χ4n) is 3.40. The molecule has 2 rings (SSSR count). The molecular weight excluding hydrogens is 368 g/mol. The van der Waals surface area contributed by atoms with Gasteiger partial charge in [-0.2, -0.15) is 13.2 Å². The highest BCUT2D eigenvalue weighted by atomic mass is 19.4. The Bertz CT molecular complexity index is 764. The van der Waals surface area contributed by atoms with Gasteiger partial charge in [0.25, 0.3) is 0 Å². The normalized spacial score (nSPS) is 11.7. The predicted octanol–water partition coefficient (Wildman–Crippen LogP) is 7.07. The van der Waals surface area contributed by atoms with Crippen LogP contribution in [0.4, 0.5) is 17.6 Å². The van der Waals surface area contributed by atoms with E-state index in [4.69, 9.17) is 4.74 Å². The number of hydrogen-bond donors (Lipinski definition) is 0. The Hall–Kier alpha value is -2.04. The van der Waals surface area contributed by atoms with Gasteiger partial charge >= 0.3 is 6.18 Å². The largest absolute Gasteiger partial charge is 0.491 e. The first kappa shape index (κ1) is 22.3. The monoisotopic (exact) mass is 396 g/mol. The number of unbranched alkanes of at least 4 members (excludes halogenated alkanes) is 2. The standard InChI is InChI=1S/C23H28F4O/c1-4-6-7-8-17-9-11-18(12-10-17)13-14-19-16(3)15-20(28-5-2)22(24)21(19)23(25,26)27/h9-12,15H,4-8,13-14H2,1-3H3. The van der Waals surface area contributed by atoms with Gasteiger partial charge < -0.3 is 4.74 Å². The second kappa shape index (κ2) is 9.94. The van der Waals surface area contributed by atoms with E-state index in [1.807, 2.05) is 24.3 Å². The summed E-state index contributed by atoms with van der Waals surface area (Å²) >= 11 is 0. The summed E-state index contributed by atoms with van der Waals surface area (Å²) < 4.78 is 60.1. The molecule has 0 aliphatic heterocycles. The minimum absolute atomic E-state index is 0.000440. The molecule has 0 saturated heterocycles. The zero-order valence-electron chi connectivity index (χ0n) is 16.8. The summed E-state index contributed by atoms with van der Waals surface area (Å²) in [6, 6.07) is 9.33. The molecule has 0 aromatic heterocycles. The Kier molecular flexibility index (Phi) is 7.90. The Labute approximate surface area is 164 Å². The maximum atomic E-state index is 14.5. The van der Waals surface area contributed by atoms with Crippen LogP contribution >= 0.6 is 0 Å². The molecule has 0 aliphatic carbocycles. The maximum Gasteiger partial charge on any atom is 0.419 e. The highest BCUT2D eigenvalue weighted by Crippen LogP contribution is 2.39. The number of hydrogen-bond acceptors (Lipinski definition) is 1. The molecule has 0 atom stereocenters. The van der Waals surface area contributed by atoms with Crippen LogP contribution in [0.15, 0.2) is 30.3 Å². The summed E-state index contributed by atoms with van der Waals surface area (Å²) in [5.74, 6) is -1.66. The predicted molar refractivity (Wildman–Crippen MR) is 104 cm³/mol. The van der Waals surface area contributed by atoms with Gasteiger partial charge in [-0.25, -0.2) is 4.39 Å². The molecule has 0 bridgehead atoms. The average molecular weight is 396 g/mol. The van der Waals surface area contributed by atoms with E-state index in [1.165, 1.54) is 18.1 Å². The van der Waals surface area contributed by atoms with E-state index in [1.54, 1.807) is 13.8 Å². The molecule has 2 aromatic carbocycles. The fraction of sp³-hybridized carbons (Fsp3) is 0.478. The van der Waals surface area contributed by atoms with E-state index in [2.05, 4.69) is 6.92 Å². The molecule has 0 spiro atoms. The first-order valence-corrected chi connectivity index (χ1v) is 9.87. The van der Waals surface area contributed by atoms with Crippen molar-refractivity contribution >= 4 is 0 Å². The van der Waals surface area contributed by atoms with Crippen molar-refractivity contribution in [2.24, 2.45) is 0 Å². The third kappa shape index (κ3) is 5.73. The molecule has 28 heavy (non-hydrogen) atoms. The van der Waals surface area contributed by atoms with Crippen molar-refractivity contribution in [1.29, 1.82) is 0 Å². The van der Waals surface area contributed by atoms with Crippen LogP contribution in [-0.2, 0) is 25.4 Å². The van der Waals surface area contributed by atoms with Crippen molar-refractivity contribution in [2.75, 3.05) is 6.61 Å². The van der Waals surface area contributed by atoms with Gasteiger partial charge in [0.2, 0.25) is 0 Å². The second-order valence-corrected chi connectivity index (χ2v) is 7.06. The summed E-state index contributed by atoms with van der Waals surface area (Å²) in [4.78, 5) is 0. The van der Waals surface area contributed by atoms with E-state index in [0.717, 1.165) is 24.8 Å². The zero-order chi connectivity index (χ0) is 20.7. The average Bonchev–Trinajstić information content (AvgIpc) is 2.63. The van der Waals surface area contributed by atoms with Gasteiger partial charge in [0.1, 0.15) is 0 Å². The van der Waals surface area contributed by atoms with Crippen molar-refractivity contribution in [3.05, 3.63) is 64.0 Å². The van der Waals surface area contributed by atoms with E-state index in [-0.39, 0.29) is 24.3 Å². The van der Waals surface area contributed by atoms with Crippen LogP contribution in [0.5, 0.6) is 5.75 Å². The lowest BCUT2D eigenvalue weighted by Gasteiger charge is -2.19. The maximum absolute atomic E-state index is 14.5. The van der Waals surface area contributed by atoms with Crippen LogP contribution in [0.25, 0.3) is 0 Å². The number of alkyl halides is 3. The van der Waals surface area contributed by atoms with Crippen LogP contribution in [0.3, 0.4) is 0 Å². The second-order valence-electron chi connectivity index (χ2n) is 7.06. The molecule has 0 saturated carbocycles. The lowest BCUT2D eigenvalue weighted by Crippen LogP contribution is -2.15. The molecule has 5 heteroatoms. The van der Waals surface area contributed by atoms with Crippen LogP contribution in [-0.4, -0.2) is 6.61 Å². The minimum atomic E-state index is -4.76. The SMILES string of the molecule is CCCCCc1ccc(CCc2c(C)cc(OCC)c(F)c2C(F)(F)F)cc1. The number of rotatable bonds is 9. The van der Waals surface area contributed by atoms with Crippen LogP contribution in [0.2, 0.25) is 0 Å². The Morgan fingerprint density at radius 3 is 2.04 bits per heavy atom. The number of halogens is 4. The molecule has 0 unspecified atom stereocenters. The molecule has 154 valence electrons. The third-order valence-corrected chi connectivity index (χ3v) is 4.90.